The molecule has 0 saturated carbocycles. The van der Waals surface area contributed by atoms with Crippen LogP contribution in [-0.4, -0.2) is 41.2 Å². The van der Waals surface area contributed by atoms with Crippen LogP contribution in [0.25, 0.3) is 0 Å². The maximum absolute atomic E-state index is 5.24. The summed E-state index contributed by atoms with van der Waals surface area (Å²) in [5.41, 5.74) is 0. The third-order valence-electron chi connectivity index (χ3n) is 1.38. The zero-order chi connectivity index (χ0) is 6.53. The van der Waals surface area contributed by atoms with E-state index in [0.29, 0.717) is 0 Å². The van der Waals surface area contributed by atoms with Gasteiger partial charge < -0.3 is 12.4 Å². The van der Waals surface area contributed by atoms with Gasteiger partial charge >= 0.3 is 68.1 Å². The van der Waals surface area contributed by atoms with Gasteiger partial charge in [-0.3, -0.25) is 0 Å². The maximum atomic E-state index is 5.24. The monoisotopic (exact) mass is 174 g/mol. The topological polar surface area (TPSA) is 18.5 Å². The van der Waals surface area contributed by atoms with Gasteiger partial charge in [-0.25, -0.2) is 0 Å². The molecule has 0 aromatic heterocycles. The van der Waals surface area contributed by atoms with Crippen LogP contribution in [0, 0.1) is 0 Å². The SMILES string of the molecule is [Cl-].[Mg+][CH2]CCC1OCCO1. The Labute approximate surface area is 80.5 Å². The predicted octanol–water partition coefficient (Wildman–Crippen LogP) is -2.27. The van der Waals surface area contributed by atoms with Crippen molar-refractivity contribution in [3.8, 4) is 0 Å². The standard InChI is InChI=1S/C6H11O2.ClH.Mg/c1-2-3-6-7-4-5-8-6;;/h6H,1-5H2;1H;/q;;+1/p-1. The van der Waals surface area contributed by atoms with E-state index >= 15 is 0 Å². The van der Waals surface area contributed by atoms with Crippen molar-refractivity contribution in [1.82, 2.24) is 0 Å². The Morgan fingerprint density at radius 1 is 1.30 bits per heavy atom. The van der Waals surface area contributed by atoms with E-state index in [9.17, 15) is 0 Å². The first-order chi connectivity index (χ1) is 4.43. The van der Waals surface area contributed by atoms with Crippen molar-refractivity contribution in [2.75, 3.05) is 13.2 Å². The molecule has 1 fully saturated rings. The third-order valence-corrected chi connectivity index (χ3v) is 1.88. The van der Waals surface area contributed by atoms with Crippen LogP contribution >= 0.6 is 0 Å². The molecule has 0 atom stereocenters. The van der Waals surface area contributed by atoms with Gasteiger partial charge in [-0.2, -0.15) is 0 Å². The third kappa shape index (κ3) is 3.98. The van der Waals surface area contributed by atoms with E-state index in [4.69, 9.17) is 9.47 Å². The van der Waals surface area contributed by atoms with Crippen LogP contribution in [0.3, 0.4) is 0 Å². The Bertz CT molecular complexity index is 76.1. The first-order valence-electron chi connectivity index (χ1n) is 3.46. The van der Waals surface area contributed by atoms with Crippen LogP contribution in [0.1, 0.15) is 12.8 Å². The molecule has 0 aliphatic carbocycles. The second kappa shape index (κ2) is 6.67. The van der Waals surface area contributed by atoms with Crippen molar-refractivity contribution < 1.29 is 21.9 Å². The van der Waals surface area contributed by atoms with E-state index in [1.165, 1.54) is 11.0 Å². The average Bonchev–Trinajstić information content (AvgIpc) is 2.34. The molecule has 1 heterocycles. The number of hydrogen-bond donors (Lipinski definition) is 0. The quantitative estimate of drug-likeness (QED) is 0.450. The first-order valence-corrected chi connectivity index (χ1v) is 4.46. The Kier molecular flexibility index (Phi) is 7.32. The molecular formula is C6H11ClMgO2. The van der Waals surface area contributed by atoms with Gasteiger partial charge in [-0.1, -0.05) is 0 Å². The zero-order valence-corrected chi connectivity index (χ0v) is 8.18. The summed E-state index contributed by atoms with van der Waals surface area (Å²) in [6.45, 7) is 1.58. The molecule has 0 spiro atoms. The summed E-state index contributed by atoms with van der Waals surface area (Å²) in [6, 6.07) is 0. The fourth-order valence-electron chi connectivity index (χ4n) is 0.885. The van der Waals surface area contributed by atoms with E-state index in [1.807, 2.05) is 21.7 Å². The molecule has 0 unspecified atom stereocenters. The Balaban J connectivity index is 0.000000810. The number of hydrogen-bond acceptors (Lipinski definition) is 2. The molecule has 0 aromatic rings. The van der Waals surface area contributed by atoms with Crippen LogP contribution in [0.2, 0.25) is 4.55 Å². The molecule has 1 rings (SSSR count). The molecule has 4 heteroatoms. The summed E-state index contributed by atoms with van der Waals surface area (Å²) in [7, 11) is 0. The average molecular weight is 175 g/mol. The number of ether oxygens (including phenoxy) is 2. The van der Waals surface area contributed by atoms with Gasteiger partial charge in [0.05, 0.1) is 0 Å². The van der Waals surface area contributed by atoms with Gasteiger partial charge in [0.2, 0.25) is 0 Å². The van der Waals surface area contributed by atoms with Crippen molar-refractivity contribution in [2.24, 2.45) is 0 Å². The second-order valence-electron chi connectivity index (χ2n) is 2.17. The van der Waals surface area contributed by atoms with Gasteiger partial charge in [0, 0.05) is 0 Å². The van der Waals surface area contributed by atoms with Gasteiger partial charge in [-0.05, 0) is 0 Å². The summed E-state index contributed by atoms with van der Waals surface area (Å²) in [5, 5.41) is 0. The fraction of sp³-hybridized carbons (Fsp3) is 1.00. The van der Waals surface area contributed by atoms with E-state index in [-0.39, 0.29) is 18.7 Å². The van der Waals surface area contributed by atoms with Crippen molar-refractivity contribution in [3.63, 3.8) is 0 Å². The normalized spacial score (nSPS) is 19.0. The minimum atomic E-state index is 0. The van der Waals surface area contributed by atoms with E-state index in [2.05, 4.69) is 0 Å². The minimum absolute atomic E-state index is 0. The van der Waals surface area contributed by atoms with Crippen LogP contribution < -0.4 is 12.4 Å². The fourth-order valence-corrected chi connectivity index (χ4v) is 1.17. The van der Waals surface area contributed by atoms with Gasteiger partial charge in [-0.15, -0.1) is 0 Å². The molecular weight excluding hydrogens is 164 g/mol. The first kappa shape index (κ1) is 11.0. The Hall–Kier alpha value is 0.976. The van der Waals surface area contributed by atoms with Crippen molar-refractivity contribution in [1.29, 1.82) is 0 Å². The molecule has 56 valence electrons. The molecule has 0 bridgehead atoms. The second-order valence-corrected chi connectivity index (χ2v) is 2.87. The Morgan fingerprint density at radius 3 is 2.40 bits per heavy atom. The zero-order valence-electron chi connectivity index (χ0n) is 6.01. The van der Waals surface area contributed by atoms with Gasteiger partial charge in [0.15, 0.2) is 0 Å². The van der Waals surface area contributed by atoms with Crippen molar-refractivity contribution >= 4 is 21.7 Å². The van der Waals surface area contributed by atoms with Crippen LogP contribution in [0.5, 0.6) is 0 Å². The molecule has 0 radical (unpaired) electrons. The number of halogens is 1. The predicted molar refractivity (Wildman–Crippen MR) is 35.5 cm³/mol. The number of rotatable bonds is 3. The van der Waals surface area contributed by atoms with Crippen LogP contribution in [-0.2, 0) is 9.47 Å². The summed E-state index contributed by atoms with van der Waals surface area (Å²) < 4.78 is 11.7. The Morgan fingerprint density at radius 2 is 1.90 bits per heavy atom. The van der Waals surface area contributed by atoms with Crippen molar-refractivity contribution in [2.45, 2.75) is 23.7 Å². The molecule has 1 saturated heterocycles. The summed E-state index contributed by atoms with van der Waals surface area (Å²) in [6.07, 6.45) is 2.42. The summed E-state index contributed by atoms with van der Waals surface area (Å²) >= 11 is 2.00. The van der Waals surface area contributed by atoms with E-state index in [0.717, 1.165) is 19.6 Å². The van der Waals surface area contributed by atoms with Crippen molar-refractivity contribution in [3.05, 3.63) is 0 Å². The van der Waals surface area contributed by atoms with Gasteiger partial charge in [0.1, 0.15) is 0 Å². The molecule has 10 heavy (non-hydrogen) atoms. The van der Waals surface area contributed by atoms with E-state index < -0.39 is 0 Å². The molecule has 2 nitrogen and oxygen atoms in total. The van der Waals surface area contributed by atoms with Crippen LogP contribution in [0.4, 0.5) is 0 Å². The van der Waals surface area contributed by atoms with Gasteiger partial charge in [0.25, 0.3) is 0 Å². The molecule has 0 aromatic carbocycles. The molecule has 1 aliphatic heterocycles. The summed E-state index contributed by atoms with van der Waals surface area (Å²) in [5.74, 6) is 0. The summed E-state index contributed by atoms with van der Waals surface area (Å²) in [4.78, 5) is 0. The van der Waals surface area contributed by atoms with Crippen LogP contribution in [0.15, 0.2) is 0 Å². The molecule has 0 amide bonds. The molecule has 0 N–H and O–H groups in total. The molecule has 1 aliphatic rings. The van der Waals surface area contributed by atoms with E-state index in [1.54, 1.807) is 0 Å².